The fraction of sp³-hybridized carbons (Fsp3) is 0.308. The van der Waals surface area contributed by atoms with Gasteiger partial charge in [0.2, 0.25) is 5.91 Å². The predicted molar refractivity (Wildman–Crippen MR) is 69.4 cm³/mol. The first kappa shape index (κ1) is 12.5. The van der Waals surface area contributed by atoms with Crippen molar-refractivity contribution in [1.82, 2.24) is 10.2 Å². The van der Waals surface area contributed by atoms with Gasteiger partial charge in [0.25, 0.3) is 5.91 Å². The van der Waals surface area contributed by atoms with Gasteiger partial charge in [0.15, 0.2) is 0 Å². The highest BCUT2D eigenvalue weighted by molar-refractivity contribution is 6.22. The number of methoxy groups -OCH3 is 1. The van der Waals surface area contributed by atoms with Gasteiger partial charge < -0.3 is 15.0 Å². The number of hydrogen-bond acceptors (Lipinski definition) is 4. The van der Waals surface area contributed by atoms with Gasteiger partial charge in [-0.25, -0.2) is 9.69 Å². The smallest absolute Gasteiger partial charge is 0.332 e. The number of carbonyl (C=O) groups is 3. The number of imide groups is 1. The summed E-state index contributed by atoms with van der Waals surface area (Å²) in [6, 6.07) is 5.62. The molecule has 0 spiro atoms. The maximum absolute atomic E-state index is 12.3. The van der Waals surface area contributed by atoms with Crippen LogP contribution in [0.15, 0.2) is 24.3 Å². The summed E-state index contributed by atoms with van der Waals surface area (Å²) in [5.41, 5.74) is 0.446. The van der Waals surface area contributed by atoms with E-state index in [0.717, 1.165) is 4.90 Å². The van der Waals surface area contributed by atoms with Crippen molar-refractivity contribution >= 4 is 23.5 Å². The molecule has 0 saturated carbocycles. The number of nitrogens with zero attached hydrogens (tertiary/aromatic N) is 2. The van der Waals surface area contributed by atoms with E-state index in [9.17, 15) is 14.4 Å². The predicted octanol–water partition coefficient (Wildman–Crippen LogP) is -0.0378. The topological polar surface area (TPSA) is 79.0 Å². The lowest BCUT2D eigenvalue weighted by Crippen LogP contribution is -2.54. The highest BCUT2D eigenvalue weighted by atomic mass is 16.5. The van der Waals surface area contributed by atoms with Crippen LogP contribution >= 0.6 is 0 Å². The highest BCUT2D eigenvalue weighted by Crippen LogP contribution is 2.28. The maximum Gasteiger partial charge on any atom is 0.332 e. The summed E-state index contributed by atoms with van der Waals surface area (Å²) in [6.07, 6.45) is 0. The van der Waals surface area contributed by atoms with Gasteiger partial charge in [-0.15, -0.1) is 0 Å². The van der Waals surface area contributed by atoms with Gasteiger partial charge in [-0.3, -0.25) is 9.59 Å². The third-order valence-corrected chi connectivity index (χ3v) is 3.44. The quantitative estimate of drug-likeness (QED) is 0.768. The number of rotatable bonds is 2. The first-order valence-electron chi connectivity index (χ1n) is 6.17. The second kappa shape index (κ2) is 4.52. The molecule has 2 fully saturated rings. The highest BCUT2D eigenvalue weighted by Gasteiger charge is 2.48. The van der Waals surface area contributed by atoms with E-state index >= 15 is 0 Å². The molecule has 7 heteroatoms. The fourth-order valence-electron chi connectivity index (χ4n) is 2.42. The van der Waals surface area contributed by atoms with Crippen molar-refractivity contribution < 1.29 is 19.1 Å². The number of anilines is 1. The third-order valence-electron chi connectivity index (χ3n) is 3.44. The van der Waals surface area contributed by atoms with Gasteiger partial charge >= 0.3 is 6.03 Å². The SMILES string of the molecule is COc1cccc(N2C(=O)C3CNC(=O)CN3C2=O)c1. The molecule has 0 bridgehead atoms. The number of piperazine rings is 1. The third kappa shape index (κ3) is 1.78. The van der Waals surface area contributed by atoms with Gasteiger partial charge in [-0.1, -0.05) is 6.07 Å². The van der Waals surface area contributed by atoms with E-state index in [-0.39, 0.29) is 24.9 Å². The number of amides is 4. The summed E-state index contributed by atoms with van der Waals surface area (Å²) >= 11 is 0. The number of hydrogen-bond donors (Lipinski definition) is 1. The summed E-state index contributed by atoms with van der Waals surface area (Å²) in [5, 5.41) is 2.59. The van der Waals surface area contributed by atoms with Crippen LogP contribution in [0, 0.1) is 0 Å². The number of ether oxygens (including phenoxy) is 1. The molecular formula is C13H13N3O4. The molecule has 0 radical (unpaired) electrons. The summed E-state index contributed by atoms with van der Waals surface area (Å²) in [5.74, 6) is -0.0275. The molecule has 4 amide bonds. The molecule has 1 N–H and O–H groups in total. The minimum absolute atomic E-state index is 0.0876. The van der Waals surface area contributed by atoms with Gasteiger partial charge in [0, 0.05) is 12.6 Å². The normalized spacial score (nSPS) is 21.9. The van der Waals surface area contributed by atoms with Gasteiger partial charge in [0.05, 0.1) is 12.8 Å². The molecule has 1 unspecified atom stereocenters. The lowest BCUT2D eigenvalue weighted by Gasteiger charge is -2.26. The Labute approximate surface area is 115 Å². The Morgan fingerprint density at radius 3 is 2.85 bits per heavy atom. The van der Waals surface area contributed by atoms with Crippen molar-refractivity contribution in [3.63, 3.8) is 0 Å². The zero-order valence-corrected chi connectivity index (χ0v) is 10.8. The van der Waals surface area contributed by atoms with Crippen molar-refractivity contribution in [2.45, 2.75) is 6.04 Å². The van der Waals surface area contributed by atoms with Gasteiger partial charge in [0.1, 0.15) is 18.3 Å². The minimum Gasteiger partial charge on any atom is -0.497 e. The molecule has 0 aromatic heterocycles. The average Bonchev–Trinajstić information content (AvgIpc) is 2.70. The Balaban J connectivity index is 1.95. The van der Waals surface area contributed by atoms with E-state index in [1.165, 1.54) is 12.0 Å². The molecular weight excluding hydrogens is 262 g/mol. The number of fused-ring (bicyclic) bond motifs is 1. The van der Waals surface area contributed by atoms with Crippen molar-refractivity contribution in [2.75, 3.05) is 25.1 Å². The maximum atomic E-state index is 12.3. The molecule has 1 aromatic carbocycles. The lowest BCUT2D eigenvalue weighted by molar-refractivity contribution is -0.126. The lowest BCUT2D eigenvalue weighted by atomic mass is 10.2. The summed E-state index contributed by atoms with van der Waals surface area (Å²) < 4.78 is 5.09. The average molecular weight is 275 g/mol. The Hall–Kier alpha value is -2.57. The molecule has 104 valence electrons. The first-order valence-corrected chi connectivity index (χ1v) is 6.17. The van der Waals surface area contributed by atoms with Crippen LogP contribution < -0.4 is 15.0 Å². The van der Waals surface area contributed by atoms with E-state index in [0.29, 0.717) is 11.4 Å². The van der Waals surface area contributed by atoms with Crippen LogP contribution in [0.4, 0.5) is 10.5 Å². The van der Waals surface area contributed by atoms with Gasteiger partial charge in [-0.05, 0) is 12.1 Å². The molecule has 2 saturated heterocycles. The Morgan fingerprint density at radius 2 is 2.10 bits per heavy atom. The van der Waals surface area contributed by atoms with E-state index in [2.05, 4.69) is 5.32 Å². The molecule has 2 aliphatic heterocycles. The van der Waals surface area contributed by atoms with Crippen LogP contribution in [0.2, 0.25) is 0 Å². The van der Waals surface area contributed by atoms with Crippen molar-refractivity contribution in [3.05, 3.63) is 24.3 Å². The second-order valence-electron chi connectivity index (χ2n) is 4.61. The van der Waals surface area contributed by atoms with Crippen LogP contribution in [0.1, 0.15) is 0 Å². The first-order chi connectivity index (χ1) is 9.61. The number of nitrogens with one attached hydrogen (secondary N) is 1. The number of benzene rings is 1. The van der Waals surface area contributed by atoms with Crippen LogP contribution in [0.25, 0.3) is 0 Å². The Kier molecular flexibility index (Phi) is 2.81. The zero-order chi connectivity index (χ0) is 14.3. The van der Waals surface area contributed by atoms with Crippen LogP contribution in [-0.2, 0) is 9.59 Å². The van der Waals surface area contributed by atoms with Crippen molar-refractivity contribution in [1.29, 1.82) is 0 Å². The molecule has 20 heavy (non-hydrogen) atoms. The standard InChI is InChI=1S/C13H13N3O4/c1-20-9-4-2-3-8(5-9)16-12(18)10-6-14-11(17)7-15(10)13(16)19/h2-5,10H,6-7H2,1H3,(H,14,17). The Bertz CT molecular complexity index is 601. The minimum atomic E-state index is -0.619. The summed E-state index contributed by atoms with van der Waals surface area (Å²) in [4.78, 5) is 38.4. The molecule has 0 aliphatic carbocycles. The van der Waals surface area contributed by atoms with Crippen LogP contribution in [0.5, 0.6) is 5.75 Å². The molecule has 1 aromatic rings. The molecule has 1 atom stereocenters. The summed E-state index contributed by atoms with van der Waals surface area (Å²) in [7, 11) is 1.51. The molecule has 2 aliphatic rings. The monoisotopic (exact) mass is 275 g/mol. The van der Waals surface area contributed by atoms with Crippen molar-refractivity contribution in [3.8, 4) is 5.75 Å². The molecule has 3 rings (SSSR count). The number of urea groups is 1. The zero-order valence-electron chi connectivity index (χ0n) is 10.8. The fourth-order valence-corrected chi connectivity index (χ4v) is 2.42. The van der Waals surface area contributed by atoms with Crippen LogP contribution in [-0.4, -0.2) is 49.0 Å². The van der Waals surface area contributed by atoms with E-state index in [1.807, 2.05) is 0 Å². The van der Waals surface area contributed by atoms with E-state index in [4.69, 9.17) is 4.74 Å². The number of carbonyl (C=O) groups excluding carboxylic acids is 3. The van der Waals surface area contributed by atoms with Gasteiger partial charge in [-0.2, -0.15) is 0 Å². The molecule has 2 heterocycles. The molecule has 7 nitrogen and oxygen atoms in total. The Morgan fingerprint density at radius 1 is 1.30 bits per heavy atom. The largest absolute Gasteiger partial charge is 0.497 e. The van der Waals surface area contributed by atoms with Crippen LogP contribution in [0.3, 0.4) is 0 Å². The second-order valence-corrected chi connectivity index (χ2v) is 4.61. The van der Waals surface area contributed by atoms with Crippen molar-refractivity contribution in [2.24, 2.45) is 0 Å². The van der Waals surface area contributed by atoms with E-state index < -0.39 is 12.1 Å². The summed E-state index contributed by atoms with van der Waals surface area (Å²) in [6.45, 7) is 0.0690. The van der Waals surface area contributed by atoms with E-state index in [1.54, 1.807) is 24.3 Å².